The van der Waals surface area contributed by atoms with E-state index >= 15 is 0 Å². The second-order valence-electron chi connectivity index (χ2n) is 5.09. The van der Waals surface area contributed by atoms with Crippen molar-refractivity contribution in [1.29, 1.82) is 0 Å². The van der Waals surface area contributed by atoms with Gasteiger partial charge in [0.2, 0.25) is 0 Å². The maximum Gasteiger partial charge on any atom is 0.417 e. The summed E-state index contributed by atoms with van der Waals surface area (Å²) in [5.41, 5.74) is -0.412. The van der Waals surface area contributed by atoms with Crippen LogP contribution in [0.15, 0.2) is 59.1 Å². The highest BCUT2D eigenvalue weighted by molar-refractivity contribution is 6.31. The van der Waals surface area contributed by atoms with Crippen molar-refractivity contribution in [2.24, 2.45) is 0 Å². The summed E-state index contributed by atoms with van der Waals surface area (Å²) in [6.45, 7) is 0. The molecule has 0 saturated carbocycles. The van der Waals surface area contributed by atoms with Gasteiger partial charge in [0.05, 0.1) is 10.6 Å². The van der Waals surface area contributed by atoms with Crippen LogP contribution < -0.4 is 5.32 Å². The molecule has 1 amide bonds. The molecule has 1 N–H and O–H groups in total. The monoisotopic (exact) mass is 366 g/mol. The van der Waals surface area contributed by atoms with Crippen LogP contribution in [0.2, 0.25) is 5.02 Å². The summed E-state index contributed by atoms with van der Waals surface area (Å²) in [5, 5.41) is 5.54. The molecule has 3 rings (SSSR count). The number of rotatable bonds is 3. The summed E-state index contributed by atoms with van der Waals surface area (Å²) in [5.74, 6) is -0.320. The molecule has 4 nitrogen and oxygen atoms in total. The zero-order valence-electron chi connectivity index (χ0n) is 12.5. The van der Waals surface area contributed by atoms with Crippen molar-refractivity contribution in [1.82, 2.24) is 5.16 Å². The largest absolute Gasteiger partial charge is 0.417 e. The number of hydrogen-bond acceptors (Lipinski definition) is 3. The second kappa shape index (κ2) is 6.60. The Morgan fingerprint density at radius 1 is 1.08 bits per heavy atom. The van der Waals surface area contributed by atoms with Crippen LogP contribution in [-0.4, -0.2) is 11.1 Å². The fraction of sp³-hybridized carbons (Fsp3) is 0.0588. The minimum atomic E-state index is -4.62. The highest BCUT2D eigenvalue weighted by Crippen LogP contribution is 2.36. The molecule has 0 unspecified atom stereocenters. The minimum absolute atomic E-state index is 0.0500. The Balaban J connectivity index is 1.81. The van der Waals surface area contributed by atoms with Gasteiger partial charge in [0, 0.05) is 17.3 Å². The number of carbonyl (C=O) groups is 1. The molecule has 0 spiro atoms. The van der Waals surface area contributed by atoms with Gasteiger partial charge in [-0.25, -0.2) is 0 Å². The zero-order valence-corrected chi connectivity index (χ0v) is 13.2. The highest BCUT2D eigenvalue weighted by atomic mass is 35.5. The maximum absolute atomic E-state index is 12.9. The molecule has 0 saturated heterocycles. The van der Waals surface area contributed by atoms with Gasteiger partial charge in [0.25, 0.3) is 5.91 Å². The van der Waals surface area contributed by atoms with Gasteiger partial charge < -0.3 is 9.84 Å². The molecule has 0 bridgehead atoms. The normalized spacial score (nSPS) is 11.4. The molecule has 0 aliphatic heterocycles. The van der Waals surface area contributed by atoms with E-state index in [2.05, 4.69) is 10.5 Å². The van der Waals surface area contributed by atoms with Gasteiger partial charge in [-0.2, -0.15) is 13.2 Å². The molecule has 1 aromatic heterocycles. The van der Waals surface area contributed by atoms with Gasteiger partial charge in [0.15, 0.2) is 11.5 Å². The van der Waals surface area contributed by atoms with E-state index in [0.29, 0.717) is 5.76 Å². The van der Waals surface area contributed by atoms with Gasteiger partial charge in [-0.05, 0) is 18.2 Å². The minimum Gasteiger partial charge on any atom is -0.355 e. The molecule has 25 heavy (non-hydrogen) atoms. The Kier molecular flexibility index (Phi) is 4.50. The van der Waals surface area contributed by atoms with Gasteiger partial charge in [-0.1, -0.05) is 47.1 Å². The molecular weight excluding hydrogens is 357 g/mol. The van der Waals surface area contributed by atoms with Crippen molar-refractivity contribution in [3.05, 3.63) is 70.9 Å². The van der Waals surface area contributed by atoms with E-state index in [1.165, 1.54) is 12.1 Å². The molecule has 2 aromatic carbocycles. The number of halogens is 4. The SMILES string of the molecule is O=C(Nc1ccc(Cl)c(C(F)(F)F)c1)c1cc(-c2ccccc2)on1. The van der Waals surface area contributed by atoms with E-state index in [9.17, 15) is 18.0 Å². The van der Waals surface area contributed by atoms with Crippen molar-refractivity contribution in [3.8, 4) is 11.3 Å². The first-order chi connectivity index (χ1) is 11.8. The van der Waals surface area contributed by atoms with Gasteiger partial charge in [-0.15, -0.1) is 0 Å². The van der Waals surface area contributed by atoms with Crippen molar-refractivity contribution in [3.63, 3.8) is 0 Å². The first-order valence-corrected chi connectivity index (χ1v) is 7.42. The lowest BCUT2D eigenvalue weighted by molar-refractivity contribution is -0.137. The van der Waals surface area contributed by atoms with Crippen LogP contribution >= 0.6 is 11.6 Å². The van der Waals surface area contributed by atoms with Gasteiger partial charge in [-0.3, -0.25) is 4.79 Å². The van der Waals surface area contributed by atoms with Crippen LogP contribution in [-0.2, 0) is 6.18 Å². The average Bonchev–Trinajstić information content (AvgIpc) is 3.06. The fourth-order valence-electron chi connectivity index (χ4n) is 2.14. The van der Waals surface area contributed by atoms with Crippen LogP contribution in [0.3, 0.4) is 0 Å². The number of hydrogen-bond donors (Lipinski definition) is 1. The standard InChI is InChI=1S/C17H10ClF3N2O2/c18-13-7-6-11(8-12(13)17(19,20)21)22-16(24)14-9-15(25-23-14)10-4-2-1-3-5-10/h1-9H,(H,22,24). The predicted molar refractivity (Wildman–Crippen MR) is 86.3 cm³/mol. The number of aromatic nitrogens is 1. The maximum atomic E-state index is 12.9. The van der Waals surface area contributed by atoms with Crippen molar-refractivity contribution in [2.45, 2.75) is 6.18 Å². The molecule has 0 aliphatic rings. The number of nitrogens with one attached hydrogen (secondary N) is 1. The second-order valence-corrected chi connectivity index (χ2v) is 5.50. The van der Waals surface area contributed by atoms with Crippen LogP contribution in [0.5, 0.6) is 0 Å². The number of anilines is 1. The predicted octanol–water partition coefficient (Wildman–Crippen LogP) is 5.27. The lowest BCUT2D eigenvalue weighted by Gasteiger charge is -2.11. The van der Waals surface area contributed by atoms with E-state index < -0.39 is 22.7 Å². The number of amides is 1. The smallest absolute Gasteiger partial charge is 0.355 e. The summed E-state index contributed by atoms with van der Waals surface area (Å²) in [6.07, 6.45) is -4.62. The topological polar surface area (TPSA) is 55.1 Å². The lowest BCUT2D eigenvalue weighted by atomic mass is 10.1. The first kappa shape index (κ1) is 17.0. The number of nitrogens with zero attached hydrogens (tertiary/aromatic N) is 1. The van der Waals surface area contributed by atoms with E-state index in [1.807, 2.05) is 6.07 Å². The molecule has 0 atom stereocenters. The molecule has 1 heterocycles. The lowest BCUT2D eigenvalue weighted by Crippen LogP contribution is -2.13. The Morgan fingerprint density at radius 3 is 2.48 bits per heavy atom. The molecule has 0 aliphatic carbocycles. The summed E-state index contributed by atoms with van der Waals surface area (Å²) in [4.78, 5) is 12.2. The van der Waals surface area contributed by atoms with E-state index in [0.717, 1.165) is 17.7 Å². The van der Waals surface area contributed by atoms with E-state index in [-0.39, 0.29) is 11.4 Å². The number of carbonyl (C=O) groups excluding carboxylic acids is 1. The summed E-state index contributed by atoms with van der Waals surface area (Å²) < 4.78 is 43.7. The Bertz CT molecular complexity index is 908. The molecule has 3 aromatic rings. The Hall–Kier alpha value is -2.80. The van der Waals surface area contributed by atoms with E-state index in [1.54, 1.807) is 24.3 Å². The zero-order chi connectivity index (χ0) is 18.0. The average molecular weight is 367 g/mol. The molecule has 128 valence electrons. The molecule has 0 radical (unpaired) electrons. The fourth-order valence-corrected chi connectivity index (χ4v) is 2.36. The van der Waals surface area contributed by atoms with Crippen LogP contribution in [0.1, 0.15) is 16.1 Å². The van der Waals surface area contributed by atoms with Crippen LogP contribution in [0.25, 0.3) is 11.3 Å². The summed E-state index contributed by atoms with van der Waals surface area (Å²) >= 11 is 5.55. The quantitative estimate of drug-likeness (QED) is 0.687. The van der Waals surface area contributed by atoms with Crippen molar-refractivity contribution in [2.75, 3.05) is 5.32 Å². The van der Waals surface area contributed by atoms with Crippen molar-refractivity contribution < 1.29 is 22.5 Å². The molecular formula is C17H10ClF3N2O2. The first-order valence-electron chi connectivity index (χ1n) is 7.05. The van der Waals surface area contributed by atoms with Gasteiger partial charge in [0.1, 0.15) is 0 Å². The van der Waals surface area contributed by atoms with Gasteiger partial charge >= 0.3 is 6.18 Å². The molecule has 8 heteroatoms. The summed E-state index contributed by atoms with van der Waals surface area (Å²) in [6, 6.07) is 13.5. The Labute approximate surface area is 145 Å². The van der Waals surface area contributed by atoms with Crippen molar-refractivity contribution >= 4 is 23.2 Å². The highest BCUT2D eigenvalue weighted by Gasteiger charge is 2.33. The Morgan fingerprint density at radius 2 is 1.80 bits per heavy atom. The number of alkyl halides is 3. The van der Waals surface area contributed by atoms with E-state index in [4.69, 9.17) is 16.1 Å². The molecule has 0 fully saturated rings. The third kappa shape index (κ3) is 3.83. The van der Waals surface area contributed by atoms with Crippen LogP contribution in [0.4, 0.5) is 18.9 Å². The third-order valence-corrected chi connectivity index (χ3v) is 3.66. The van der Waals surface area contributed by atoms with Crippen LogP contribution in [0, 0.1) is 0 Å². The number of benzene rings is 2. The third-order valence-electron chi connectivity index (χ3n) is 3.33. The summed E-state index contributed by atoms with van der Waals surface area (Å²) in [7, 11) is 0.